The van der Waals surface area contributed by atoms with Crippen LogP contribution in [0.5, 0.6) is 5.75 Å². The van der Waals surface area contributed by atoms with E-state index in [2.05, 4.69) is 10.0 Å². The summed E-state index contributed by atoms with van der Waals surface area (Å²) in [7, 11) is -3.86. The number of rotatable bonds is 3. The minimum Gasteiger partial charge on any atom is -0.508 e. The zero-order valence-electron chi connectivity index (χ0n) is 9.79. The molecule has 1 fully saturated rings. The number of benzene rings is 1. The Morgan fingerprint density at radius 3 is 2.42 bits per heavy atom. The predicted molar refractivity (Wildman–Crippen MR) is 64.6 cm³/mol. The van der Waals surface area contributed by atoms with Gasteiger partial charge in [-0.05, 0) is 30.7 Å². The number of aromatic hydroxyl groups is 1. The fraction of sp³-hybridized carbons (Fsp3) is 0.273. The average molecular weight is 284 g/mol. The monoisotopic (exact) mass is 284 g/mol. The number of hydrogen-bond donors (Lipinski definition) is 3. The van der Waals surface area contributed by atoms with Crippen LogP contribution < -0.4 is 10.0 Å². The van der Waals surface area contributed by atoms with E-state index in [0.717, 1.165) is 0 Å². The van der Waals surface area contributed by atoms with Gasteiger partial charge < -0.3 is 5.11 Å². The second-order valence-electron chi connectivity index (χ2n) is 4.12. The topological polar surface area (TPSA) is 113 Å². The van der Waals surface area contributed by atoms with Crippen molar-refractivity contribution in [1.82, 2.24) is 10.0 Å². The largest absolute Gasteiger partial charge is 0.508 e. The first-order chi connectivity index (χ1) is 8.88. The van der Waals surface area contributed by atoms with Crippen LogP contribution in [0.1, 0.15) is 12.8 Å². The van der Waals surface area contributed by atoms with Crippen LogP contribution in [0.4, 0.5) is 0 Å². The van der Waals surface area contributed by atoms with Gasteiger partial charge in [0.2, 0.25) is 21.8 Å². The summed E-state index contributed by atoms with van der Waals surface area (Å²) in [6.07, 6.45) is 0.219. The normalized spacial score (nSPS) is 20.1. The summed E-state index contributed by atoms with van der Waals surface area (Å²) >= 11 is 0. The van der Waals surface area contributed by atoms with Crippen LogP contribution in [0.25, 0.3) is 0 Å². The van der Waals surface area contributed by atoms with E-state index in [1.54, 1.807) is 0 Å². The number of imide groups is 1. The molecule has 2 rings (SSSR count). The van der Waals surface area contributed by atoms with Crippen LogP contribution in [-0.2, 0) is 19.6 Å². The van der Waals surface area contributed by atoms with Crippen molar-refractivity contribution in [3.8, 4) is 5.75 Å². The van der Waals surface area contributed by atoms with Gasteiger partial charge in [-0.15, -0.1) is 0 Å². The van der Waals surface area contributed by atoms with Crippen molar-refractivity contribution in [3.63, 3.8) is 0 Å². The van der Waals surface area contributed by atoms with Crippen molar-refractivity contribution in [1.29, 1.82) is 0 Å². The highest BCUT2D eigenvalue weighted by atomic mass is 32.2. The van der Waals surface area contributed by atoms with Crippen LogP contribution in [0.15, 0.2) is 29.2 Å². The molecule has 2 amide bonds. The molecule has 3 N–H and O–H groups in total. The van der Waals surface area contributed by atoms with Gasteiger partial charge in [0, 0.05) is 6.42 Å². The summed E-state index contributed by atoms with van der Waals surface area (Å²) in [4.78, 5) is 22.4. The molecule has 1 saturated heterocycles. The van der Waals surface area contributed by atoms with Crippen LogP contribution in [0, 0.1) is 0 Å². The number of piperidine rings is 1. The molecule has 8 heteroatoms. The van der Waals surface area contributed by atoms with Crippen molar-refractivity contribution in [2.24, 2.45) is 0 Å². The lowest BCUT2D eigenvalue weighted by atomic mass is 10.1. The number of amides is 2. The summed E-state index contributed by atoms with van der Waals surface area (Å²) in [6.45, 7) is 0. The van der Waals surface area contributed by atoms with E-state index in [9.17, 15) is 18.0 Å². The first-order valence-corrected chi connectivity index (χ1v) is 7.02. The Kier molecular flexibility index (Phi) is 3.54. The summed E-state index contributed by atoms with van der Waals surface area (Å²) < 4.78 is 26.2. The molecule has 1 aromatic carbocycles. The van der Waals surface area contributed by atoms with E-state index in [1.807, 2.05) is 0 Å². The highest BCUT2D eigenvalue weighted by molar-refractivity contribution is 7.89. The molecule has 1 unspecified atom stereocenters. The molecule has 0 spiro atoms. The van der Waals surface area contributed by atoms with Gasteiger partial charge in [0.15, 0.2) is 0 Å². The third-order valence-electron chi connectivity index (χ3n) is 2.68. The molecule has 1 aliphatic rings. The van der Waals surface area contributed by atoms with E-state index in [-0.39, 0.29) is 23.5 Å². The molecule has 1 atom stereocenters. The number of carbonyl (C=O) groups is 2. The molecule has 1 aliphatic heterocycles. The number of nitrogens with one attached hydrogen (secondary N) is 2. The molecular weight excluding hydrogens is 272 g/mol. The van der Waals surface area contributed by atoms with Gasteiger partial charge in [-0.3, -0.25) is 14.9 Å². The summed E-state index contributed by atoms with van der Waals surface area (Å²) in [5.74, 6) is -1.12. The standard InChI is InChI=1S/C11H12N2O5S/c14-7-1-3-8(4-2-7)19(17,18)13-9-5-6-10(15)12-11(9)16/h1-4,9,13-14H,5-6H2,(H,12,15,16). The van der Waals surface area contributed by atoms with Crippen molar-refractivity contribution >= 4 is 21.8 Å². The maximum absolute atomic E-state index is 12.0. The first kappa shape index (κ1) is 13.5. The average Bonchev–Trinajstić information content (AvgIpc) is 2.33. The maximum atomic E-state index is 12.0. The lowest BCUT2D eigenvalue weighted by Gasteiger charge is -2.21. The SMILES string of the molecule is O=C1CCC(NS(=O)(=O)c2ccc(O)cc2)C(=O)N1. The Morgan fingerprint density at radius 1 is 1.21 bits per heavy atom. The molecule has 1 heterocycles. The van der Waals surface area contributed by atoms with Gasteiger partial charge >= 0.3 is 0 Å². The van der Waals surface area contributed by atoms with Gasteiger partial charge in [0.1, 0.15) is 11.8 Å². The van der Waals surface area contributed by atoms with Gasteiger partial charge in [-0.2, -0.15) is 4.72 Å². The minimum atomic E-state index is -3.86. The molecule has 1 aromatic rings. The number of hydrogen-bond acceptors (Lipinski definition) is 5. The van der Waals surface area contributed by atoms with Gasteiger partial charge in [-0.1, -0.05) is 0 Å². The maximum Gasteiger partial charge on any atom is 0.244 e. The van der Waals surface area contributed by atoms with Crippen molar-refractivity contribution in [2.45, 2.75) is 23.8 Å². The van der Waals surface area contributed by atoms with E-state index in [4.69, 9.17) is 5.11 Å². The van der Waals surface area contributed by atoms with Crippen molar-refractivity contribution in [2.75, 3.05) is 0 Å². The minimum absolute atomic E-state index is 0.0556. The molecule has 0 radical (unpaired) electrons. The number of phenols is 1. The molecule has 102 valence electrons. The zero-order valence-corrected chi connectivity index (χ0v) is 10.6. The van der Waals surface area contributed by atoms with Crippen molar-refractivity contribution in [3.05, 3.63) is 24.3 Å². The van der Waals surface area contributed by atoms with Gasteiger partial charge in [0.25, 0.3) is 0 Å². The van der Waals surface area contributed by atoms with Crippen LogP contribution in [0.2, 0.25) is 0 Å². The lowest BCUT2D eigenvalue weighted by Crippen LogP contribution is -2.52. The second kappa shape index (κ2) is 4.98. The Bertz CT molecular complexity index is 608. The third kappa shape index (κ3) is 3.09. The number of carbonyl (C=O) groups excluding carboxylic acids is 2. The summed E-state index contributed by atoms with van der Waals surface area (Å²) in [5.41, 5.74) is 0. The van der Waals surface area contributed by atoms with E-state index in [1.165, 1.54) is 24.3 Å². The second-order valence-corrected chi connectivity index (χ2v) is 5.83. The smallest absolute Gasteiger partial charge is 0.244 e. The fourth-order valence-electron chi connectivity index (χ4n) is 1.69. The molecule has 0 bridgehead atoms. The summed E-state index contributed by atoms with van der Waals surface area (Å²) in [5, 5.41) is 11.2. The van der Waals surface area contributed by atoms with E-state index >= 15 is 0 Å². The zero-order chi connectivity index (χ0) is 14.0. The van der Waals surface area contributed by atoms with Crippen LogP contribution in [-0.4, -0.2) is 31.4 Å². The van der Waals surface area contributed by atoms with Crippen LogP contribution >= 0.6 is 0 Å². The molecule has 7 nitrogen and oxygen atoms in total. The molecular formula is C11H12N2O5S. The predicted octanol–water partition coefficient (Wildman–Crippen LogP) is -0.524. The number of sulfonamides is 1. The molecule has 0 aromatic heterocycles. The fourth-order valence-corrected chi connectivity index (χ4v) is 2.92. The Hall–Kier alpha value is -1.93. The lowest BCUT2D eigenvalue weighted by molar-refractivity contribution is -0.134. The third-order valence-corrected chi connectivity index (χ3v) is 4.17. The van der Waals surface area contributed by atoms with Crippen molar-refractivity contribution < 1.29 is 23.1 Å². The van der Waals surface area contributed by atoms with E-state index < -0.39 is 27.9 Å². The Balaban J connectivity index is 2.15. The molecule has 19 heavy (non-hydrogen) atoms. The van der Waals surface area contributed by atoms with Crippen LogP contribution in [0.3, 0.4) is 0 Å². The number of phenolic OH excluding ortho intramolecular Hbond substituents is 1. The quantitative estimate of drug-likeness (QED) is 0.646. The molecule has 0 aliphatic carbocycles. The Morgan fingerprint density at radius 2 is 1.84 bits per heavy atom. The molecule has 0 saturated carbocycles. The van der Waals surface area contributed by atoms with Gasteiger partial charge in [0.05, 0.1) is 4.90 Å². The summed E-state index contributed by atoms with van der Waals surface area (Å²) in [6, 6.07) is 3.96. The van der Waals surface area contributed by atoms with Gasteiger partial charge in [-0.25, -0.2) is 8.42 Å². The Labute approximate surface area is 109 Å². The highest BCUT2D eigenvalue weighted by Crippen LogP contribution is 2.16. The first-order valence-electron chi connectivity index (χ1n) is 5.53. The highest BCUT2D eigenvalue weighted by Gasteiger charge is 2.30. The van der Waals surface area contributed by atoms with E-state index in [0.29, 0.717) is 0 Å².